The van der Waals surface area contributed by atoms with Crippen LogP contribution in [-0.4, -0.2) is 21.3 Å². The molecule has 1 aliphatic heterocycles. The molecule has 1 aliphatic rings. The molecule has 3 aromatic rings. The fourth-order valence-electron chi connectivity index (χ4n) is 2.55. The van der Waals surface area contributed by atoms with Crippen molar-refractivity contribution in [3.63, 3.8) is 0 Å². The zero-order valence-corrected chi connectivity index (χ0v) is 16.9. The molecule has 2 heterocycles. The van der Waals surface area contributed by atoms with Gasteiger partial charge in [-0.05, 0) is 49.0 Å². The number of thioether (sulfide) groups is 1. The van der Waals surface area contributed by atoms with Crippen LogP contribution in [0.3, 0.4) is 0 Å². The van der Waals surface area contributed by atoms with Crippen molar-refractivity contribution in [2.24, 2.45) is 4.99 Å². The van der Waals surface area contributed by atoms with E-state index in [1.54, 1.807) is 18.2 Å². The van der Waals surface area contributed by atoms with E-state index in [1.807, 2.05) is 25.1 Å². The van der Waals surface area contributed by atoms with Crippen molar-refractivity contribution >= 4 is 62.7 Å². The van der Waals surface area contributed by atoms with Crippen molar-refractivity contribution in [3.05, 3.63) is 74.8 Å². The molecular formula is C19H12ClFN4OS2. The van der Waals surface area contributed by atoms with Crippen LogP contribution in [0.15, 0.2) is 58.4 Å². The summed E-state index contributed by atoms with van der Waals surface area (Å²) in [6.45, 7) is 1.83. The zero-order valence-electron chi connectivity index (χ0n) is 14.5. The Bertz CT molecular complexity index is 1090. The number of benzene rings is 2. The Morgan fingerprint density at radius 2 is 1.93 bits per heavy atom. The molecule has 0 spiro atoms. The molecule has 0 N–H and O–H groups in total. The quantitative estimate of drug-likeness (QED) is 0.518. The fourth-order valence-corrected chi connectivity index (χ4v) is 4.35. The van der Waals surface area contributed by atoms with Gasteiger partial charge in [0, 0.05) is 5.56 Å². The molecule has 2 aromatic carbocycles. The van der Waals surface area contributed by atoms with Crippen LogP contribution in [0, 0.1) is 12.7 Å². The molecule has 0 aliphatic carbocycles. The first-order valence-electron chi connectivity index (χ1n) is 8.15. The molecule has 4 rings (SSSR count). The summed E-state index contributed by atoms with van der Waals surface area (Å²) in [5, 5.41) is 9.82. The number of hydrogen-bond acceptors (Lipinski definition) is 6. The second-order valence-corrected chi connectivity index (χ2v) is 8.30. The molecule has 1 saturated heterocycles. The summed E-state index contributed by atoms with van der Waals surface area (Å²) in [4.78, 5) is 19.4. The van der Waals surface area contributed by atoms with Gasteiger partial charge in [-0.25, -0.2) is 4.39 Å². The highest BCUT2D eigenvalue weighted by molar-refractivity contribution is 8.19. The van der Waals surface area contributed by atoms with E-state index in [9.17, 15) is 9.18 Å². The molecule has 0 unspecified atom stereocenters. The largest absolute Gasteiger partial charge is 0.271 e. The van der Waals surface area contributed by atoms with Gasteiger partial charge in [-0.3, -0.25) is 9.69 Å². The first kappa shape index (κ1) is 18.8. The summed E-state index contributed by atoms with van der Waals surface area (Å²) in [6.07, 6.45) is 1.45. The van der Waals surface area contributed by atoms with E-state index >= 15 is 0 Å². The average molecular weight is 431 g/mol. The summed E-state index contributed by atoms with van der Waals surface area (Å²) in [6, 6.07) is 13.5. The lowest BCUT2D eigenvalue weighted by Crippen LogP contribution is -2.28. The average Bonchev–Trinajstić information content (AvgIpc) is 3.22. The molecule has 5 nitrogen and oxygen atoms in total. The highest BCUT2D eigenvalue weighted by Crippen LogP contribution is 2.38. The van der Waals surface area contributed by atoms with E-state index in [2.05, 4.69) is 15.2 Å². The van der Waals surface area contributed by atoms with Crippen molar-refractivity contribution in [3.8, 4) is 0 Å². The lowest BCUT2D eigenvalue weighted by Gasteiger charge is -2.14. The van der Waals surface area contributed by atoms with E-state index in [0.717, 1.165) is 16.8 Å². The number of para-hydroxylation sites is 1. The van der Waals surface area contributed by atoms with Crippen LogP contribution >= 0.6 is 34.7 Å². The van der Waals surface area contributed by atoms with Gasteiger partial charge < -0.3 is 0 Å². The maximum absolute atomic E-state index is 14.2. The molecular weight excluding hydrogens is 419 g/mol. The van der Waals surface area contributed by atoms with Gasteiger partial charge in [-0.2, -0.15) is 4.99 Å². The lowest BCUT2D eigenvalue weighted by atomic mass is 10.2. The van der Waals surface area contributed by atoms with E-state index in [1.165, 1.54) is 34.4 Å². The topological polar surface area (TPSA) is 58.5 Å². The Labute approximate surface area is 173 Å². The number of amidine groups is 1. The number of aromatic nitrogens is 2. The number of hydrogen-bond donors (Lipinski definition) is 0. The second kappa shape index (κ2) is 7.83. The molecule has 140 valence electrons. The number of aliphatic imine (C=N–C) groups is 1. The van der Waals surface area contributed by atoms with Gasteiger partial charge in [0.05, 0.1) is 15.6 Å². The summed E-state index contributed by atoms with van der Waals surface area (Å²) in [7, 11) is 0. The monoisotopic (exact) mass is 430 g/mol. The molecule has 28 heavy (non-hydrogen) atoms. The predicted molar refractivity (Wildman–Crippen MR) is 113 cm³/mol. The van der Waals surface area contributed by atoms with E-state index in [-0.39, 0.29) is 16.5 Å². The number of amides is 1. The molecule has 0 atom stereocenters. The number of aryl methyl sites for hydroxylation is 1. The van der Waals surface area contributed by atoms with Crippen molar-refractivity contribution in [1.82, 2.24) is 10.2 Å². The van der Waals surface area contributed by atoms with Gasteiger partial charge in [-0.15, -0.1) is 10.2 Å². The number of anilines is 1. The number of halogens is 2. The summed E-state index contributed by atoms with van der Waals surface area (Å²) >= 11 is 8.57. The predicted octanol–water partition coefficient (Wildman–Crippen LogP) is 5.45. The van der Waals surface area contributed by atoms with Gasteiger partial charge in [0.15, 0.2) is 5.17 Å². The van der Waals surface area contributed by atoms with Crippen LogP contribution in [0.4, 0.5) is 15.2 Å². The normalized spacial score (nSPS) is 17.1. The Balaban J connectivity index is 1.80. The van der Waals surface area contributed by atoms with Crippen molar-refractivity contribution in [2.45, 2.75) is 6.92 Å². The number of nitrogens with zero attached hydrogens (tertiary/aromatic N) is 4. The molecule has 0 saturated carbocycles. The molecule has 1 amide bonds. The van der Waals surface area contributed by atoms with Crippen molar-refractivity contribution in [2.75, 3.05) is 4.90 Å². The Morgan fingerprint density at radius 3 is 2.61 bits per heavy atom. The van der Waals surface area contributed by atoms with E-state index in [0.29, 0.717) is 20.9 Å². The summed E-state index contributed by atoms with van der Waals surface area (Å²) in [5.74, 6) is -0.805. The number of carbonyl (C=O) groups excluding carboxylic acids is 1. The first-order valence-corrected chi connectivity index (χ1v) is 10.2. The Kier molecular flexibility index (Phi) is 5.25. The minimum absolute atomic E-state index is 0.168. The second-order valence-electron chi connectivity index (χ2n) is 5.72. The van der Waals surface area contributed by atoms with Crippen LogP contribution in [0.1, 0.15) is 10.6 Å². The van der Waals surface area contributed by atoms with Gasteiger partial charge >= 0.3 is 0 Å². The van der Waals surface area contributed by atoms with Crippen LogP contribution < -0.4 is 4.90 Å². The third kappa shape index (κ3) is 3.71. The van der Waals surface area contributed by atoms with Crippen LogP contribution in [0.2, 0.25) is 5.02 Å². The number of carbonyl (C=O) groups is 1. The van der Waals surface area contributed by atoms with Crippen LogP contribution in [-0.2, 0) is 4.79 Å². The number of rotatable bonds is 3. The molecule has 0 radical (unpaired) electrons. The van der Waals surface area contributed by atoms with E-state index < -0.39 is 5.82 Å². The van der Waals surface area contributed by atoms with Gasteiger partial charge in [0.25, 0.3) is 5.91 Å². The maximum Gasteiger partial charge on any atom is 0.271 e. The highest BCUT2D eigenvalue weighted by Gasteiger charge is 2.35. The third-order valence-electron chi connectivity index (χ3n) is 3.80. The summed E-state index contributed by atoms with van der Waals surface area (Å²) < 4.78 is 14.2. The van der Waals surface area contributed by atoms with Gasteiger partial charge in [-0.1, -0.05) is 47.2 Å². The maximum atomic E-state index is 14.2. The summed E-state index contributed by atoms with van der Waals surface area (Å²) in [5.41, 5.74) is 0.823. The molecule has 1 aromatic heterocycles. The van der Waals surface area contributed by atoms with Crippen molar-refractivity contribution in [1.29, 1.82) is 0 Å². The highest BCUT2D eigenvalue weighted by atomic mass is 35.5. The molecule has 0 bridgehead atoms. The van der Waals surface area contributed by atoms with E-state index in [4.69, 9.17) is 11.6 Å². The van der Waals surface area contributed by atoms with Gasteiger partial charge in [0.1, 0.15) is 10.8 Å². The van der Waals surface area contributed by atoms with Crippen LogP contribution in [0.5, 0.6) is 0 Å². The lowest BCUT2D eigenvalue weighted by molar-refractivity contribution is -0.113. The minimum Gasteiger partial charge on any atom is -0.268 e. The Morgan fingerprint density at radius 1 is 1.14 bits per heavy atom. The Hall–Kier alpha value is -2.55. The molecule has 1 fully saturated rings. The zero-order chi connectivity index (χ0) is 19.7. The third-order valence-corrected chi connectivity index (χ3v) is 5.83. The molecule has 9 heteroatoms. The van der Waals surface area contributed by atoms with Crippen molar-refractivity contribution < 1.29 is 9.18 Å². The minimum atomic E-state index is -0.496. The smallest absolute Gasteiger partial charge is 0.268 e. The SMILES string of the molecule is Cc1nnc(/N=C2/S/C(=C\c3c(F)cccc3Cl)C(=O)N2c2ccccc2)s1. The fraction of sp³-hybridized carbons (Fsp3) is 0.0526. The standard InChI is InChI=1S/C19H12ClFN4OS2/c1-11-23-24-18(27-11)22-19-25(12-6-3-2-4-7-12)17(26)16(28-19)10-13-14(20)8-5-9-15(13)21/h2-10H,1H3/b16-10-,22-19+. The van der Waals surface area contributed by atoms with Gasteiger partial charge in [0.2, 0.25) is 5.13 Å². The van der Waals surface area contributed by atoms with Crippen LogP contribution in [0.25, 0.3) is 6.08 Å². The first-order chi connectivity index (χ1) is 13.5.